The van der Waals surface area contributed by atoms with Gasteiger partial charge in [-0.15, -0.1) is 0 Å². The maximum Gasteiger partial charge on any atom is 0.315 e. The Morgan fingerprint density at radius 3 is 2.65 bits per heavy atom. The van der Waals surface area contributed by atoms with Gasteiger partial charge in [0.2, 0.25) is 5.82 Å². The predicted molar refractivity (Wildman–Crippen MR) is 114 cm³/mol. The van der Waals surface area contributed by atoms with Crippen molar-refractivity contribution in [2.75, 3.05) is 18.4 Å². The minimum Gasteiger partial charge on any atom is -0.363 e. The summed E-state index contributed by atoms with van der Waals surface area (Å²) in [5, 5.41) is 25.6. The van der Waals surface area contributed by atoms with E-state index in [0.717, 1.165) is 16.7 Å². The Labute approximate surface area is 178 Å². The fourth-order valence-corrected chi connectivity index (χ4v) is 2.84. The molecule has 0 aliphatic carbocycles. The summed E-state index contributed by atoms with van der Waals surface area (Å²) in [6, 6.07) is 9.15. The summed E-state index contributed by atoms with van der Waals surface area (Å²) in [7, 11) is 0. The molecule has 0 fully saturated rings. The molecule has 1 aromatic carbocycles. The number of urea groups is 1. The second-order valence-electron chi connectivity index (χ2n) is 6.78. The van der Waals surface area contributed by atoms with Crippen LogP contribution in [0.25, 0.3) is 0 Å². The van der Waals surface area contributed by atoms with Gasteiger partial charge in [-0.05, 0) is 59.1 Å². The molecule has 11 heteroatoms. The highest BCUT2D eigenvalue weighted by atomic mass is 16.6. The monoisotopic (exact) mass is 424 g/mol. The lowest BCUT2D eigenvalue weighted by Gasteiger charge is -2.09. The highest BCUT2D eigenvalue weighted by molar-refractivity contribution is 6.01. The Bertz CT molecular complexity index is 1020. The molecule has 31 heavy (non-hydrogen) atoms. The van der Waals surface area contributed by atoms with E-state index in [1.54, 1.807) is 18.5 Å². The number of hydroxylamine groups is 1. The normalized spacial score (nSPS) is 11.1. The second kappa shape index (κ2) is 10.7. The van der Waals surface area contributed by atoms with Crippen LogP contribution in [-0.2, 0) is 6.54 Å². The number of amidine groups is 1. The largest absolute Gasteiger partial charge is 0.363 e. The molecule has 0 saturated heterocycles. The van der Waals surface area contributed by atoms with Crippen LogP contribution in [0.5, 0.6) is 0 Å². The Balaban J connectivity index is 1.52. The minimum absolute atomic E-state index is 0.0796. The van der Waals surface area contributed by atoms with E-state index in [-0.39, 0.29) is 23.4 Å². The number of hydrogen-bond acceptors (Lipinski definition) is 8. The lowest BCUT2D eigenvalue weighted by Crippen LogP contribution is -2.37. The van der Waals surface area contributed by atoms with Crippen molar-refractivity contribution in [2.45, 2.75) is 20.4 Å². The third-order valence-electron chi connectivity index (χ3n) is 4.14. The Hall–Kier alpha value is -3.99. The smallest absolute Gasteiger partial charge is 0.315 e. The minimum atomic E-state index is -0.307. The van der Waals surface area contributed by atoms with Gasteiger partial charge in [0.1, 0.15) is 0 Å². The number of aryl methyl sites for hydroxylation is 2. The van der Waals surface area contributed by atoms with Crippen LogP contribution in [0.15, 0.2) is 52.3 Å². The SMILES string of the molecule is Cc1cc(C)cc(/N=C(\NO)c2nonc2NCCNC(=O)NCc2cccnc2)c1. The van der Waals surface area contributed by atoms with Gasteiger partial charge in [0.25, 0.3) is 0 Å². The molecule has 0 saturated carbocycles. The third kappa shape index (κ3) is 6.51. The van der Waals surface area contributed by atoms with Gasteiger partial charge in [-0.3, -0.25) is 15.7 Å². The number of pyridine rings is 1. The molecular formula is C20H24N8O3. The van der Waals surface area contributed by atoms with Gasteiger partial charge >= 0.3 is 6.03 Å². The highest BCUT2D eigenvalue weighted by Gasteiger charge is 2.16. The van der Waals surface area contributed by atoms with Crippen LogP contribution < -0.4 is 21.4 Å². The van der Waals surface area contributed by atoms with Gasteiger partial charge in [-0.1, -0.05) is 12.1 Å². The van der Waals surface area contributed by atoms with Gasteiger partial charge in [-0.2, -0.15) is 0 Å². The molecule has 0 bridgehead atoms. The number of amides is 2. The third-order valence-corrected chi connectivity index (χ3v) is 4.14. The van der Waals surface area contributed by atoms with Crippen LogP contribution in [0.3, 0.4) is 0 Å². The Morgan fingerprint density at radius 1 is 1.13 bits per heavy atom. The molecule has 2 aromatic heterocycles. The summed E-state index contributed by atoms with van der Waals surface area (Å²) in [6.07, 6.45) is 3.36. The maximum absolute atomic E-state index is 11.9. The molecule has 2 heterocycles. The quantitative estimate of drug-likeness (QED) is 0.160. The van der Waals surface area contributed by atoms with Crippen molar-refractivity contribution in [1.29, 1.82) is 0 Å². The lowest BCUT2D eigenvalue weighted by atomic mass is 10.1. The summed E-state index contributed by atoms with van der Waals surface area (Å²) in [5.74, 6) is 0.359. The highest BCUT2D eigenvalue weighted by Crippen LogP contribution is 2.19. The first kappa shape index (κ1) is 21.7. The number of nitrogens with zero attached hydrogens (tertiary/aromatic N) is 4. The predicted octanol–water partition coefficient (Wildman–Crippen LogP) is 2.05. The van der Waals surface area contributed by atoms with Crippen molar-refractivity contribution in [3.05, 3.63) is 65.1 Å². The number of anilines is 1. The van der Waals surface area contributed by atoms with E-state index in [4.69, 9.17) is 4.63 Å². The molecule has 0 aliphatic heterocycles. The summed E-state index contributed by atoms with van der Waals surface area (Å²) in [5.41, 5.74) is 5.88. The first-order valence-corrected chi connectivity index (χ1v) is 9.59. The Kier molecular flexibility index (Phi) is 7.49. The summed E-state index contributed by atoms with van der Waals surface area (Å²) in [4.78, 5) is 20.3. The van der Waals surface area contributed by atoms with Gasteiger partial charge in [0, 0.05) is 32.0 Å². The number of carbonyl (C=O) groups is 1. The first-order valence-electron chi connectivity index (χ1n) is 9.59. The number of rotatable bonds is 8. The van der Waals surface area contributed by atoms with E-state index in [1.165, 1.54) is 0 Å². The molecular weight excluding hydrogens is 400 g/mol. The number of benzene rings is 1. The van der Waals surface area contributed by atoms with Crippen LogP contribution in [0.2, 0.25) is 0 Å². The van der Waals surface area contributed by atoms with E-state index in [0.29, 0.717) is 25.3 Å². The fraction of sp³-hybridized carbons (Fsp3) is 0.250. The van der Waals surface area contributed by atoms with Gasteiger partial charge in [-0.25, -0.2) is 14.4 Å². The van der Waals surface area contributed by atoms with Crippen molar-refractivity contribution < 1.29 is 14.6 Å². The zero-order valence-corrected chi connectivity index (χ0v) is 17.2. The van der Waals surface area contributed by atoms with Crippen LogP contribution in [-0.4, -0.2) is 45.5 Å². The molecule has 2 amide bonds. The van der Waals surface area contributed by atoms with Crippen LogP contribution in [0, 0.1) is 13.8 Å². The molecule has 162 valence electrons. The molecule has 0 unspecified atom stereocenters. The second-order valence-corrected chi connectivity index (χ2v) is 6.78. The fourth-order valence-electron chi connectivity index (χ4n) is 2.84. The van der Waals surface area contributed by atoms with E-state index < -0.39 is 0 Å². The average Bonchev–Trinajstić information content (AvgIpc) is 3.22. The molecule has 0 aliphatic rings. The van der Waals surface area contributed by atoms with Crippen molar-refractivity contribution in [3.8, 4) is 0 Å². The van der Waals surface area contributed by atoms with Crippen molar-refractivity contribution >= 4 is 23.4 Å². The van der Waals surface area contributed by atoms with Gasteiger partial charge in [0.15, 0.2) is 11.5 Å². The summed E-state index contributed by atoms with van der Waals surface area (Å²) < 4.78 is 4.78. The van der Waals surface area contributed by atoms with E-state index in [9.17, 15) is 10.0 Å². The Morgan fingerprint density at radius 2 is 1.94 bits per heavy atom. The number of aliphatic imine (C=N–C) groups is 1. The molecule has 0 atom stereocenters. The van der Waals surface area contributed by atoms with Crippen LogP contribution in [0.1, 0.15) is 22.4 Å². The number of nitrogens with one attached hydrogen (secondary N) is 4. The van der Waals surface area contributed by atoms with E-state index in [1.807, 2.05) is 43.6 Å². The maximum atomic E-state index is 11.9. The number of aromatic nitrogens is 3. The van der Waals surface area contributed by atoms with Crippen molar-refractivity contribution in [3.63, 3.8) is 0 Å². The van der Waals surface area contributed by atoms with Crippen molar-refractivity contribution in [2.24, 2.45) is 4.99 Å². The standard InChI is InChI=1S/C20H24N8O3/c1-13-8-14(2)10-16(9-13)25-19(26-30)17-18(28-31-27-17)22-6-7-23-20(29)24-12-15-4-3-5-21-11-15/h3-5,8-11,30H,6-7,12H2,1-2H3,(H,22,28)(H,25,26)(H2,23,24,29). The number of carbonyl (C=O) groups excluding carboxylic acids is 1. The van der Waals surface area contributed by atoms with E-state index in [2.05, 4.69) is 36.2 Å². The van der Waals surface area contributed by atoms with Crippen LogP contribution >= 0.6 is 0 Å². The van der Waals surface area contributed by atoms with E-state index >= 15 is 0 Å². The molecule has 11 nitrogen and oxygen atoms in total. The topological polar surface area (TPSA) is 150 Å². The van der Waals surface area contributed by atoms with Gasteiger partial charge < -0.3 is 16.0 Å². The zero-order valence-electron chi connectivity index (χ0n) is 17.2. The average molecular weight is 424 g/mol. The number of hydrogen-bond donors (Lipinski definition) is 5. The van der Waals surface area contributed by atoms with Crippen molar-refractivity contribution in [1.82, 2.24) is 31.4 Å². The van der Waals surface area contributed by atoms with Crippen LogP contribution in [0.4, 0.5) is 16.3 Å². The lowest BCUT2D eigenvalue weighted by molar-refractivity contribution is 0.234. The summed E-state index contributed by atoms with van der Waals surface area (Å²) >= 11 is 0. The molecule has 3 aromatic rings. The summed E-state index contributed by atoms with van der Waals surface area (Å²) in [6.45, 7) is 4.97. The first-order chi connectivity index (χ1) is 15.0. The van der Waals surface area contributed by atoms with Gasteiger partial charge in [0.05, 0.1) is 5.69 Å². The molecule has 0 radical (unpaired) electrons. The molecule has 0 spiro atoms. The molecule has 5 N–H and O–H groups in total. The zero-order chi connectivity index (χ0) is 22.1. The molecule has 3 rings (SSSR count).